The fourth-order valence-corrected chi connectivity index (χ4v) is 5.02. The summed E-state index contributed by atoms with van der Waals surface area (Å²) in [6.07, 6.45) is 5.60. The third-order valence-electron chi connectivity index (χ3n) is 6.45. The van der Waals surface area contributed by atoms with Gasteiger partial charge in [0.05, 0.1) is 5.60 Å². The van der Waals surface area contributed by atoms with E-state index in [0.29, 0.717) is 6.04 Å². The molecule has 0 unspecified atom stereocenters. The van der Waals surface area contributed by atoms with E-state index in [1.54, 1.807) is 0 Å². The molecule has 25 heavy (non-hydrogen) atoms. The van der Waals surface area contributed by atoms with Crippen LogP contribution in [0.3, 0.4) is 0 Å². The van der Waals surface area contributed by atoms with Crippen molar-refractivity contribution >= 4 is 0 Å². The Labute approximate surface area is 151 Å². The molecule has 132 valence electrons. The third kappa shape index (κ3) is 2.54. The molecule has 0 N–H and O–H groups in total. The zero-order chi connectivity index (χ0) is 17.5. The van der Waals surface area contributed by atoms with Gasteiger partial charge in [-0.05, 0) is 62.9 Å². The van der Waals surface area contributed by atoms with Gasteiger partial charge in [-0.2, -0.15) is 0 Å². The molecule has 2 aromatic rings. The Balaban J connectivity index is 1.79. The van der Waals surface area contributed by atoms with Crippen molar-refractivity contribution in [1.82, 2.24) is 4.90 Å². The van der Waals surface area contributed by atoms with E-state index in [1.165, 1.54) is 29.5 Å². The van der Waals surface area contributed by atoms with Crippen molar-refractivity contribution in [3.63, 3.8) is 0 Å². The lowest BCUT2D eigenvalue weighted by atomic mass is 9.76. The normalized spacial score (nSPS) is 31.4. The predicted molar refractivity (Wildman–Crippen MR) is 103 cm³/mol. The summed E-state index contributed by atoms with van der Waals surface area (Å²) >= 11 is 0. The Kier molecular flexibility index (Phi) is 4.21. The highest BCUT2D eigenvalue weighted by Gasteiger charge is 2.54. The first-order valence-corrected chi connectivity index (χ1v) is 9.63. The van der Waals surface area contributed by atoms with E-state index in [2.05, 4.69) is 80.5 Å². The van der Waals surface area contributed by atoms with Gasteiger partial charge in [-0.25, -0.2) is 0 Å². The average Bonchev–Trinajstić information content (AvgIpc) is 2.94. The fourth-order valence-electron chi connectivity index (χ4n) is 5.02. The smallest absolute Gasteiger partial charge is 0.119 e. The van der Waals surface area contributed by atoms with Crippen LogP contribution >= 0.6 is 0 Å². The molecule has 1 spiro atoms. The fraction of sp³-hybridized carbons (Fsp3) is 0.478. The van der Waals surface area contributed by atoms with Crippen LogP contribution in [-0.4, -0.2) is 25.0 Å². The van der Waals surface area contributed by atoms with Crippen molar-refractivity contribution in [2.45, 2.75) is 56.3 Å². The molecule has 1 aliphatic carbocycles. The number of ether oxygens (including phenoxy) is 1. The molecule has 2 aliphatic rings. The zero-order valence-corrected chi connectivity index (χ0v) is 15.7. The van der Waals surface area contributed by atoms with Gasteiger partial charge in [0.1, 0.15) is 5.60 Å². The van der Waals surface area contributed by atoms with Gasteiger partial charge >= 0.3 is 0 Å². The molecule has 1 atom stereocenters. The molecule has 0 aromatic heterocycles. The van der Waals surface area contributed by atoms with Crippen molar-refractivity contribution in [1.29, 1.82) is 0 Å². The number of hydrogen-bond donors (Lipinski definition) is 0. The standard InChI is InChI=1S/C23H29NO/c1-4-23(18-10-6-5-7-11-18)21-13-9-8-12-20(21)22(25-23)16-14-19(15-17-22)24(2)3/h5-13,19H,4,14-17H2,1-3H3/t19?,22?,23-/m1/s1. The molecular formula is C23H29NO. The second-order valence-corrected chi connectivity index (χ2v) is 7.88. The highest BCUT2D eigenvalue weighted by molar-refractivity contribution is 5.48. The first-order valence-electron chi connectivity index (χ1n) is 9.63. The number of benzene rings is 2. The first kappa shape index (κ1) is 16.8. The van der Waals surface area contributed by atoms with Gasteiger partial charge in [-0.15, -0.1) is 0 Å². The molecule has 4 rings (SSSR count). The Morgan fingerprint density at radius 2 is 1.52 bits per heavy atom. The van der Waals surface area contributed by atoms with E-state index < -0.39 is 0 Å². The summed E-state index contributed by atoms with van der Waals surface area (Å²) in [5.74, 6) is 0. The van der Waals surface area contributed by atoms with Crippen molar-refractivity contribution in [3.05, 3.63) is 71.3 Å². The summed E-state index contributed by atoms with van der Waals surface area (Å²) in [6.45, 7) is 2.26. The summed E-state index contributed by atoms with van der Waals surface area (Å²) < 4.78 is 7.09. The molecule has 2 aromatic carbocycles. The van der Waals surface area contributed by atoms with Crippen LogP contribution < -0.4 is 0 Å². The van der Waals surface area contributed by atoms with Crippen LogP contribution in [0.1, 0.15) is 55.7 Å². The second kappa shape index (κ2) is 6.26. The second-order valence-electron chi connectivity index (χ2n) is 7.88. The van der Waals surface area contributed by atoms with Gasteiger partial charge in [0.2, 0.25) is 0 Å². The molecule has 0 radical (unpaired) electrons. The molecular weight excluding hydrogens is 306 g/mol. The maximum Gasteiger partial charge on any atom is 0.119 e. The van der Waals surface area contributed by atoms with Crippen LogP contribution in [0.25, 0.3) is 0 Å². The van der Waals surface area contributed by atoms with E-state index in [0.717, 1.165) is 19.3 Å². The largest absolute Gasteiger partial charge is 0.354 e. The van der Waals surface area contributed by atoms with Gasteiger partial charge in [0.15, 0.2) is 0 Å². The van der Waals surface area contributed by atoms with E-state index in [-0.39, 0.29) is 11.2 Å². The molecule has 1 saturated carbocycles. The summed E-state index contributed by atoms with van der Waals surface area (Å²) in [6, 6.07) is 20.4. The van der Waals surface area contributed by atoms with Crippen molar-refractivity contribution < 1.29 is 4.74 Å². The van der Waals surface area contributed by atoms with E-state index in [4.69, 9.17) is 4.74 Å². The minimum atomic E-state index is -0.303. The molecule has 1 heterocycles. The van der Waals surface area contributed by atoms with Crippen molar-refractivity contribution in [2.24, 2.45) is 0 Å². The average molecular weight is 335 g/mol. The lowest BCUT2D eigenvalue weighted by molar-refractivity contribution is -0.146. The van der Waals surface area contributed by atoms with Crippen molar-refractivity contribution in [2.75, 3.05) is 14.1 Å². The van der Waals surface area contributed by atoms with E-state index >= 15 is 0 Å². The highest BCUT2D eigenvalue weighted by Crippen LogP contribution is 2.57. The van der Waals surface area contributed by atoms with Gasteiger partial charge in [0.25, 0.3) is 0 Å². The molecule has 2 nitrogen and oxygen atoms in total. The minimum Gasteiger partial charge on any atom is -0.354 e. The summed E-state index contributed by atoms with van der Waals surface area (Å²) in [4.78, 5) is 2.37. The highest BCUT2D eigenvalue weighted by atomic mass is 16.5. The quantitative estimate of drug-likeness (QED) is 0.776. The van der Waals surface area contributed by atoms with Crippen LogP contribution in [0.5, 0.6) is 0 Å². The van der Waals surface area contributed by atoms with Gasteiger partial charge < -0.3 is 9.64 Å². The van der Waals surface area contributed by atoms with E-state index in [1.807, 2.05) is 0 Å². The summed E-state index contributed by atoms with van der Waals surface area (Å²) in [5.41, 5.74) is 3.68. The Morgan fingerprint density at radius 1 is 0.920 bits per heavy atom. The number of fused-ring (bicyclic) bond motifs is 2. The monoisotopic (exact) mass is 335 g/mol. The minimum absolute atomic E-state index is 0.116. The molecule has 0 bridgehead atoms. The zero-order valence-electron chi connectivity index (χ0n) is 15.7. The number of hydrogen-bond acceptors (Lipinski definition) is 2. The SMILES string of the molecule is CC[C@]1(c2ccccc2)OC2(CCC(N(C)C)CC2)c2ccccc21. The van der Waals surface area contributed by atoms with Crippen LogP contribution in [0.4, 0.5) is 0 Å². The molecule has 1 aliphatic heterocycles. The van der Waals surface area contributed by atoms with Gasteiger partial charge in [0, 0.05) is 6.04 Å². The Hall–Kier alpha value is -1.64. The summed E-state index contributed by atoms with van der Waals surface area (Å²) in [5, 5.41) is 0. The lowest BCUT2D eigenvalue weighted by Crippen LogP contribution is -2.41. The third-order valence-corrected chi connectivity index (χ3v) is 6.45. The van der Waals surface area contributed by atoms with Crippen molar-refractivity contribution in [3.8, 4) is 0 Å². The topological polar surface area (TPSA) is 12.5 Å². The maximum atomic E-state index is 7.09. The molecule has 1 fully saturated rings. The van der Waals surface area contributed by atoms with Gasteiger partial charge in [-0.1, -0.05) is 61.5 Å². The maximum absolute atomic E-state index is 7.09. The van der Waals surface area contributed by atoms with Crippen LogP contribution in [0, 0.1) is 0 Å². The first-order chi connectivity index (χ1) is 12.1. The number of nitrogens with zero attached hydrogens (tertiary/aromatic N) is 1. The Morgan fingerprint density at radius 3 is 2.12 bits per heavy atom. The van der Waals surface area contributed by atoms with Crippen LogP contribution in [-0.2, 0) is 15.9 Å². The number of rotatable bonds is 3. The molecule has 0 amide bonds. The summed E-state index contributed by atoms with van der Waals surface area (Å²) in [7, 11) is 4.40. The molecule has 0 saturated heterocycles. The van der Waals surface area contributed by atoms with E-state index in [9.17, 15) is 0 Å². The lowest BCUT2D eigenvalue weighted by Gasteiger charge is -2.42. The van der Waals surface area contributed by atoms with Crippen LogP contribution in [0.2, 0.25) is 0 Å². The molecule has 2 heteroatoms. The van der Waals surface area contributed by atoms with Gasteiger partial charge in [-0.3, -0.25) is 0 Å². The Bertz CT molecular complexity index is 731. The van der Waals surface area contributed by atoms with Crippen LogP contribution in [0.15, 0.2) is 54.6 Å². The predicted octanol–water partition coefficient (Wildman–Crippen LogP) is 5.07.